The minimum absolute atomic E-state index is 0.303. The average molecular weight is 651 g/mol. The van der Waals surface area contributed by atoms with Gasteiger partial charge in [0.2, 0.25) is 0 Å². The topological polar surface area (TPSA) is 101 Å². The number of aromatic nitrogens is 5. The third kappa shape index (κ3) is 7.04. The molecule has 0 spiro atoms. The molecule has 0 saturated carbocycles. The van der Waals surface area contributed by atoms with E-state index in [2.05, 4.69) is 75.3 Å². The molecule has 9 nitrogen and oxygen atoms in total. The molecule has 0 aliphatic carbocycles. The summed E-state index contributed by atoms with van der Waals surface area (Å²) in [4.78, 5) is 19.2. The van der Waals surface area contributed by atoms with Gasteiger partial charge in [-0.25, -0.2) is 9.97 Å². The SMILES string of the molecule is Cc1cc(CN(Cc2ccccn2)Cc2ccccc2N)c(O)c(CN(Cc2nc3ccccc3n2C)Cc2nc3ccccc3n2C)c1. The summed E-state index contributed by atoms with van der Waals surface area (Å²) in [5.74, 6) is 2.21. The highest BCUT2D eigenvalue weighted by Gasteiger charge is 2.21. The van der Waals surface area contributed by atoms with Crippen molar-refractivity contribution in [1.29, 1.82) is 0 Å². The second-order valence-electron chi connectivity index (χ2n) is 12.9. The van der Waals surface area contributed by atoms with E-state index in [1.165, 1.54) is 0 Å². The van der Waals surface area contributed by atoms with Gasteiger partial charge in [-0.05, 0) is 55.0 Å². The molecular formula is C40H42N8O. The Morgan fingerprint density at radius 2 is 1.12 bits per heavy atom. The summed E-state index contributed by atoms with van der Waals surface area (Å²) in [5.41, 5.74) is 16.1. The summed E-state index contributed by atoms with van der Waals surface area (Å²) in [6.45, 7) is 5.53. The maximum absolute atomic E-state index is 11.9. The number of hydrogen-bond donors (Lipinski definition) is 2. The fraction of sp³-hybridized carbons (Fsp3) is 0.225. The van der Waals surface area contributed by atoms with E-state index in [0.29, 0.717) is 45.0 Å². The van der Waals surface area contributed by atoms with E-state index in [-0.39, 0.29) is 0 Å². The van der Waals surface area contributed by atoms with Crippen molar-refractivity contribution in [2.24, 2.45) is 14.1 Å². The fourth-order valence-electron chi connectivity index (χ4n) is 6.71. The summed E-state index contributed by atoms with van der Waals surface area (Å²) in [7, 11) is 4.13. The third-order valence-electron chi connectivity index (χ3n) is 9.25. The Morgan fingerprint density at radius 1 is 0.612 bits per heavy atom. The van der Waals surface area contributed by atoms with Gasteiger partial charge in [-0.15, -0.1) is 0 Å². The molecule has 0 radical (unpaired) electrons. The van der Waals surface area contributed by atoms with Gasteiger partial charge < -0.3 is 20.0 Å². The van der Waals surface area contributed by atoms with Gasteiger partial charge in [0, 0.05) is 63.3 Å². The zero-order valence-corrected chi connectivity index (χ0v) is 28.3. The van der Waals surface area contributed by atoms with Crippen LogP contribution in [-0.2, 0) is 53.4 Å². The quantitative estimate of drug-likeness (QED) is 0.139. The fourth-order valence-corrected chi connectivity index (χ4v) is 6.71. The van der Waals surface area contributed by atoms with Crippen molar-refractivity contribution in [3.63, 3.8) is 0 Å². The molecule has 248 valence electrons. The van der Waals surface area contributed by atoms with E-state index in [1.54, 1.807) is 0 Å². The lowest BCUT2D eigenvalue weighted by Gasteiger charge is -2.26. The van der Waals surface area contributed by atoms with Gasteiger partial charge >= 0.3 is 0 Å². The minimum atomic E-state index is 0.303. The molecule has 0 aliphatic rings. The number of nitrogens with zero attached hydrogens (tertiary/aromatic N) is 7. The molecule has 0 amide bonds. The van der Waals surface area contributed by atoms with Crippen LogP contribution in [0, 0.1) is 6.92 Å². The molecule has 0 fully saturated rings. The zero-order chi connectivity index (χ0) is 33.9. The molecule has 0 unspecified atom stereocenters. The number of hydrogen-bond acceptors (Lipinski definition) is 7. The minimum Gasteiger partial charge on any atom is -0.507 e. The first-order valence-electron chi connectivity index (χ1n) is 16.6. The van der Waals surface area contributed by atoms with E-state index in [4.69, 9.17) is 15.7 Å². The van der Waals surface area contributed by atoms with Crippen LogP contribution in [0.1, 0.15) is 39.6 Å². The molecule has 0 aliphatic heterocycles. The number of aromatic hydroxyl groups is 1. The number of anilines is 1. The van der Waals surface area contributed by atoms with Gasteiger partial charge in [-0.3, -0.25) is 14.8 Å². The highest BCUT2D eigenvalue weighted by atomic mass is 16.3. The normalized spacial score (nSPS) is 11.8. The first-order valence-corrected chi connectivity index (χ1v) is 16.6. The maximum atomic E-state index is 11.9. The van der Waals surface area contributed by atoms with Gasteiger partial charge in [0.25, 0.3) is 0 Å². The average Bonchev–Trinajstić information content (AvgIpc) is 3.59. The van der Waals surface area contributed by atoms with E-state index >= 15 is 0 Å². The molecular weight excluding hydrogens is 608 g/mol. The molecule has 7 rings (SSSR count). The van der Waals surface area contributed by atoms with E-state index in [0.717, 1.165) is 67.4 Å². The van der Waals surface area contributed by atoms with Gasteiger partial charge in [-0.2, -0.15) is 0 Å². The number of pyridine rings is 1. The Labute approximate surface area is 286 Å². The second-order valence-corrected chi connectivity index (χ2v) is 12.9. The number of phenolic OH excluding ortho intramolecular Hbond substituents is 1. The van der Waals surface area contributed by atoms with Crippen LogP contribution in [0.3, 0.4) is 0 Å². The van der Waals surface area contributed by atoms with Crippen LogP contribution in [-0.4, -0.2) is 39.0 Å². The number of nitrogen functional groups attached to an aromatic ring is 1. The van der Waals surface area contributed by atoms with Crippen LogP contribution >= 0.6 is 0 Å². The number of aryl methyl sites for hydroxylation is 3. The van der Waals surface area contributed by atoms with Crippen molar-refractivity contribution in [3.05, 3.63) is 149 Å². The predicted molar refractivity (Wildman–Crippen MR) is 195 cm³/mol. The van der Waals surface area contributed by atoms with E-state index in [1.807, 2.05) is 79.0 Å². The molecule has 3 N–H and O–H groups in total. The Morgan fingerprint density at radius 3 is 1.67 bits per heavy atom. The molecule has 49 heavy (non-hydrogen) atoms. The standard InChI is InChI=1S/C40H42N8O/c1-28-20-30(23-47(25-32-13-10-11-19-42-32)22-29-12-4-5-14-33(29)41)40(49)31(21-28)24-48(26-38-43-34-15-6-8-17-36(34)45(38)2)27-39-44-35-16-7-9-18-37(35)46(39)3/h4-21,49H,22-27,41H2,1-3H3. The zero-order valence-electron chi connectivity index (χ0n) is 28.3. The summed E-state index contributed by atoms with van der Waals surface area (Å²) >= 11 is 0. The molecule has 0 atom stereocenters. The van der Waals surface area contributed by atoms with E-state index < -0.39 is 0 Å². The third-order valence-corrected chi connectivity index (χ3v) is 9.25. The van der Waals surface area contributed by atoms with Crippen LogP contribution in [0.5, 0.6) is 5.75 Å². The van der Waals surface area contributed by atoms with Gasteiger partial charge in [0.1, 0.15) is 17.4 Å². The smallest absolute Gasteiger partial charge is 0.124 e. The molecule has 0 bridgehead atoms. The van der Waals surface area contributed by atoms with Crippen molar-refractivity contribution < 1.29 is 5.11 Å². The Kier molecular flexibility index (Phi) is 9.11. The van der Waals surface area contributed by atoms with Crippen molar-refractivity contribution in [2.75, 3.05) is 5.73 Å². The van der Waals surface area contributed by atoms with Crippen LogP contribution in [0.2, 0.25) is 0 Å². The number of rotatable bonds is 12. The lowest BCUT2D eigenvalue weighted by Crippen LogP contribution is -2.26. The molecule has 4 aromatic carbocycles. The summed E-state index contributed by atoms with van der Waals surface area (Å²) in [6, 6.07) is 34.5. The first-order chi connectivity index (χ1) is 23.8. The van der Waals surface area contributed by atoms with Crippen LogP contribution < -0.4 is 5.73 Å². The largest absolute Gasteiger partial charge is 0.507 e. The Balaban J connectivity index is 1.22. The second kappa shape index (κ2) is 13.9. The number of fused-ring (bicyclic) bond motifs is 2. The number of benzene rings is 4. The summed E-state index contributed by atoms with van der Waals surface area (Å²) in [6.07, 6.45) is 1.82. The number of nitrogens with two attached hydrogens (primary N) is 1. The first kappa shape index (κ1) is 32.1. The van der Waals surface area contributed by atoms with Gasteiger partial charge in [-0.1, -0.05) is 66.2 Å². The number of imidazole rings is 2. The van der Waals surface area contributed by atoms with Crippen LogP contribution in [0.15, 0.2) is 109 Å². The molecule has 3 aromatic heterocycles. The highest BCUT2D eigenvalue weighted by Crippen LogP contribution is 2.30. The lowest BCUT2D eigenvalue weighted by molar-refractivity contribution is 0.225. The maximum Gasteiger partial charge on any atom is 0.124 e. The van der Waals surface area contributed by atoms with Crippen LogP contribution in [0.25, 0.3) is 22.1 Å². The monoisotopic (exact) mass is 650 g/mol. The molecule has 0 saturated heterocycles. The van der Waals surface area contributed by atoms with Crippen molar-refractivity contribution >= 4 is 27.8 Å². The molecule has 3 heterocycles. The van der Waals surface area contributed by atoms with Crippen LogP contribution in [0.4, 0.5) is 5.69 Å². The van der Waals surface area contributed by atoms with Crippen molar-refractivity contribution in [1.82, 2.24) is 33.9 Å². The van der Waals surface area contributed by atoms with Crippen molar-refractivity contribution in [2.45, 2.75) is 46.2 Å². The van der Waals surface area contributed by atoms with Gasteiger partial charge in [0.05, 0.1) is 40.9 Å². The van der Waals surface area contributed by atoms with E-state index in [9.17, 15) is 5.11 Å². The lowest BCUT2D eigenvalue weighted by atomic mass is 10.0. The predicted octanol–water partition coefficient (Wildman–Crippen LogP) is 6.86. The number of para-hydroxylation sites is 5. The molecule has 9 heteroatoms. The summed E-state index contributed by atoms with van der Waals surface area (Å²) in [5, 5.41) is 11.9. The summed E-state index contributed by atoms with van der Waals surface area (Å²) < 4.78 is 4.31. The number of phenols is 1. The van der Waals surface area contributed by atoms with Gasteiger partial charge in [0.15, 0.2) is 0 Å². The Hall–Kier alpha value is -5.51. The molecule has 7 aromatic rings. The van der Waals surface area contributed by atoms with Crippen molar-refractivity contribution in [3.8, 4) is 5.75 Å². The highest BCUT2D eigenvalue weighted by molar-refractivity contribution is 5.76. The Bertz CT molecular complexity index is 2140.